The van der Waals surface area contributed by atoms with E-state index in [0.717, 1.165) is 23.7 Å². The number of anilines is 1. The van der Waals surface area contributed by atoms with Crippen LogP contribution in [0.4, 0.5) is 5.82 Å². The van der Waals surface area contributed by atoms with E-state index < -0.39 is 0 Å². The Morgan fingerprint density at radius 2 is 2.10 bits per heavy atom. The first-order chi connectivity index (χ1) is 9.61. The largest absolute Gasteiger partial charge is 0.347 e. The van der Waals surface area contributed by atoms with Crippen LogP contribution in [0.25, 0.3) is 10.9 Å². The topological polar surface area (TPSA) is 80.0 Å². The van der Waals surface area contributed by atoms with E-state index in [9.17, 15) is 4.79 Å². The zero-order chi connectivity index (χ0) is 14.2. The highest BCUT2D eigenvalue weighted by atomic mass is 16.1. The smallest absolute Gasteiger partial charge is 0.252 e. The molecule has 104 valence electrons. The molecule has 1 amide bonds. The second kappa shape index (κ2) is 4.76. The Bertz CT molecular complexity index is 664. The molecule has 0 atom stereocenters. The summed E-state index contributed by atoms with van der Waals surface area (Å²) in [5.74, 6) is 5.86. The predicted molar refractivity (Wildman–Crippen MR) is 79.3 cm³/mol. The number of aromatic nitrogens is 1. The van der Waals surface area contributed by atoms with Gasteiger partial charge in [-0.15, -0.1) is 0 Å². The molecule has 2 aromatic rings. The molecule has 5 nitrogen and oxygen atoms in total. The average molecular weight is 270 g/mol. The minimum atomic E-state index is -0.0717. The lowest BCUT2D eigenvalue weighted by molar-refractivity contribution is 0.0852. The van der Waals surface area contributed by atoms with Crippen LogP contribution in [0.15, 0.2) is 30.3 Å². The van der Waals surface area contributed by atoms with Gasteiger partial charge in [0.15, 0.2) is 0 Å². The molecule has 1 aromatic carbocycles. The first-order valence-corrected chi connectivity index (χ1v) is 6.80. The first-order valence-electron chi connectivity index (χ1n) is 6.80. The number of nitrogens with one attached hydrogen (secondary N) is 2. The van der Waals surface area contributed by atoms with Crippen molar-refractivity contribution in [1.82, 2.24) is 10.3 Å². The molecule has 3 rings (SSSR count). The number of carbonyl (C=O) groups excluding carboxylic acids is 1. The molecule has 1 fully saturated rings. The Morgan fingerprint density at radius 3 is 2.75 bits per heavy atom. The van der Waals surface area contributed by atoms with Crippen molar-refractivity contribution in [2.45, 2.75) is 31.7 Å². The van der Waals surface area contributed by atoms with Crippen LogP contribution in [-0.4, -0.2) is 16.4 Å². The number of hydrogen-bond donors (Lipinski definition) is 3. The molecule has 20 heavy (non-hydrogen) atoms. The molecule has 1 aliphatic carbocycles. The van der Waals surface area contributed by atoms with Crippen LogP contribution in [0, 0.1) is 0 Å². The van der Waals surface area contributed by atoms with Crippen LogP contribution < -0.4 is 16.6 Å². The number of nitrogens with two attached hydrogens (primary N) is 1. The number of carbonyl (C=O) groups is 1. The number of fused-ring (bicyclic) bond motifs is 1. The van der Waals surface area contributed by atoms with E-state index in [1.807, 2.05) is 24.3 Å². The molecule has 0 unspecified atom stereocenters. The number of hydrazine groups is 1. The van der Waals surface area contributed by atoms with Crippen LogP contribution in [0.2, 0.25) is 0 Å². The van der Waals surface area contributed by atoms with E-state index in [1.165, 1.54) is 6.42 Å². The van der Waals surface area contributed by atoms with Gasteiger partial charge in [0.05, 0.1) is 11.1 Å². The lowest BCUT2D eigenvalue weighted by atomic mass is 9.78. The van der Waals surface area contributed by atoms with E-state index >= 15 is 0 Å². The number of hydrogen-bond acceptors (Lipinski definition) is 4. The quantitative estimate of drug-likeness (QED) is 0.590. The maximum atomic E-state index is 12.5. The van der Waals surface area contributed by atoms with Crippen molar-refractivity contribution >= 4 is 22.6 Å². The van der Waals surface area contributed by atoms with Crippen molar-refractivity contribution in [1.29, 1.82) is 0 Å². The average Bonchev–Trinajstić information content (AvgIpc) is 2.44. The summed E-state index contributed by atoms with van der Waals surface area (Å²) in [7, 11) is 0. The van der Waals surface area contributed by atoms with Crippen LogP contribution in [0.3, 0.4) is 0 Å². The van der Waals surface area contributed by atoms with Gasteiger partial charge in [-0.1, -0.05) is 18.2 Å². The van der Waals surface area contributed by atoms with Crippen LogP contribution >= 0.6 is 0 Å². The van der Waals surface area contributed by atoms with Crippen molar-refractivity contribution in [3.63, 3.8) is 0 Å². The van der Waals surface area contributed by atoms with Gasteiger partial charge >= 0.3 is 0 Å². The molecule has 0 saturated heterocycles. The van der Waals surface area contributed by atoms with Crippen molar-refractivity contribution < 1.29 is 4.79 Å². The summed E-state index contributed by atoms with van der Waals surface area (Å²) < 4.78 is 0. The van der Waals surface area contributed by atoms with Crippen molar-refractivity contribution in [2.24, 2.45) is 5.84 Å². The number of rotatable bonds is 3. The summed E-state index contributed by atoms with van der Waals surface area (Å²) in [5, 5.41) is 3.96. The van der Waals surface area contributed by atoms with Gasteiger partial charge in [0.1, 0.15) is 5.82 Å². The summed E-state index contributed by atoms with van der Waals surface area (Å²) >= 11 is 0. The van der Waals surface area contributed by atoms with Gasteiger partial charge < -0.3 is 10.7 Å². The first kappa shape index (κ1) is 12.9. The summed E-state index contributed by atoms with van der Waals surface area (Å²) in [6.45, 7) is 2.08. The molecule has 0 radical (unpaired) electrons. The fraction of sp³-hybridized carbons (Fsp3) is 0.333. The Kier molecular flexibility index (Phi) is 3.06. The Labute approximate surface area is 117 Å². The molecule has 0 aliphatic heterocycles. The number of amides is 1. The van der Waals surface area contributed by atoms with Crippen molar-refractivity contribution in [3.8, 4) is 0 Å². The summed E-state index contributed by atoms with van der Waals surface area (Å²) in [6, 6.07) is 9.27. The highest BCUT2D eigenvalue weighted by Gasteiger charge is 2.33. The number of para-hydroxylation sites is 1. The van der Waals surface area contributed by atoms with Gasteiger partial charge in [-0.2, -0.15) is 0 Å². The molecule has 1 saturated carbocycles. The monoisotopic (exact) mass is 270 g/mol. The number of pyridine rings is 1. The van der Waals surface area contributed by atoms with E-state index in [4.69, 9.17) is 5.84 Å². The third-order valence-electron chi connectivity index (χ3n) is 3.98. The van der Waals surface area contributed by atoms with E-state index in [0.29, 0.717) is 11.4 Å². The van der Waals surface area contributed by atoms with Gasteiger partial charge in [0.25, 0.3) is 5.91 Å². The molecular formula is C15H18N4O. The van der Waals surface area contributed by atoms with E-state index in [-0.39, 0.29) is 11.4 Å². The maximum absolute atomic E-state index is 12.5. The number of nitrogens with zero attached hydrogens (tertiary/aromatic N) is 1. The van der Waals surface area contributed by atoms with Gasteiger partial charge in [-0.25, -0.2) is 10.8 Å². The number of benzene rings is 1. The Balaban J connectivity index is 2.02. The lowest BCUT2D eigenvalue weighted by Gasteiger charge is -2.39. The minimum absolute atomic E-state index is 0.0673. The Morgan fingerprint density at radius 1 is 1.35 bits per heavy atom. The van der Waals surface area contributed by atoms with E-state index in [2.05, 4.69) is 22.7 Å². The molecule has 1 aromatic heterocycles. The third kappa shape index (κ3) is 2.20. The van der Waals surface area contributed by atoms with Crippen molar-refractivity contribution in [2.75, 3.05) is 5.43 Å². The predicted octanol–water partition coefficient (Wildman–Crippen LogP) is 2.19. The van der Waals surface area contributed by atoms with Gasteiger partial charge in [-0.05, 0) is 38.3 Å². The SMILES string of the molecule is CC1(NC(=O)c2cc(NN)nc3ccccc23)CCC1. The maximum Gasteiger partial charge on any atom is 0.252 e. The molecule has 5 heteroatoms. The highest BCUT2D eigenvalue weighted by molar-refractivity contribution is 6.07. The molecule has 4 N–H and O–H groups in total. The second-order valence-corrected chi connectivity index (χ2v) is 5.58. The van der Waals surface area contributed by atoms with Gasteiger partial charge in [0.2, 0.25) is 0 Å². The summed E-state index contributed by atoms with van der Waals surface area (Å²) in [5.41, 5.74) is 3.81. The highest BCUT2D eigenvalue weighted by Crippen LogP contribution is 2.31. The molecule has 1 heterocycles. The van der Waals surface area contributed by atoms with Crippen LogP contribution in [0.5, 0.6) is 0 Å². The zero-order valence-corrected chi connectivity index (χ0v) is 11.4. The second-order valence-electron chi connectivity index (χ2n) is 5.58. The summed E-state index contributed by atoms with van der Waals surface area (Å²) in [6.07, 6.45) is 3.23. The van der Waals surface area contributed by atoms with Crippen molar-refractivity contribution in [3.05, 3.63) is 35.9 Å². The molecule has 0 bridgehead atoms. The van der Waals surface area contributed by atoms with E-state index in [1.54, 1.807) is 6.07 Å². The lowest BCUT2D eigenvalue weighted by Crippen LogP contribution is -2.51. The Hall–Kier alpha value is -2.14. The third-order valence-corrected chi connectivity index (χ3v) is 3.98. The van der Waals surface area contributed by atoms with Crippen LogP contribution in [-0.2, 0) is 0 Å². The molecule has 0 spiro atoms. The zero-order valence-electron chi connectivity index (χ0n) is 11.4. The fourth-order valence-corrected chi connectivity index (χ4v) is 2.61. The number of nitrogen functional groups attached to an aromatic ring is 1. The van der Waals surface area contributed by atoms with Gasteiger partial charge in [0, 0.05) is 10.9 Å². The standard InChI is InChI=1S/C15H18N4O/c1-15(7-4-8-15)18-14(20)11-9-13(19-16)17-12-6-3-2-5-10(11)12/h2-3,5-6,9H,4,7-8,16H2,1H3,(H,17,19)(H,18,20). The summed E-state index contributed by atoms with van der Waals surface area (Å²) in [4.78, 5) is 16.9. The molecular weight excluding hydrogens is 252 g/mol. The van der Waals surface area contributed by atoms with Gasteiger partial charge in [-0.3, -0.25) is 4.79 Å². The molecule has 1 aliphatic rings. The minimum Gasteiger partial charge on any atom is -0.347 e. The normalized spacial score (nSPS) is 16.5. The van der Waals surface area contributed by atoms with Crippen LogP contribution in [0.1, 0.15) is 36.5 Å². The fourth-order valence-electron chi connectivity index (χ4n) is 2.61.